The van der Waals surface area contributed by atoms with E-state index in [2.05, 4.69) is 29.6 Å². The summed E-state index contributed by atoms with van der Waals surface area (Å²) in [5.41, 5.74) is 3.29. The molecule has 1 fully saturated rings. The molecule has 0 bridgehead atoms. The highest BCUT2D eigenvalue weighted by Crippen LogP contribution is 2.18. The maximum Gasteiger partial charge on any atom is 0.279 e. The Morgan fingerprint density at radius 1 is 1.00 bits per heavy atom. The number of carbonyl (C=O) groups is 1. The van der Waals surface area contributed by atoms with Crippen LogP contribution in [0.5, 0.6) is 0 Å². The van der Waals surface area contributed by atoms with E-state index in [4.69, 9.17) is 4.42 Å². The van der Waals surface area contributed by atoms with Crippen molar-refractivity contribution >= 4 is 11.6 Å². The van der Waals surface area contributed by atoms with Crippen molar-refractivity contribution in [3.63, 3.8) is 0 Å². The molecule has 0 spiro atoms. The van der Waals surface area contributed by atoms with Crippen molar-refractivity contribution in [3.8, 4) is 0 Å². The van der Waals surface area contributed by atoms with E-state index in [1.165, 1.54) is 31.5 Å². The predicted octanol–water partition coefficient (Wildman–Crippen LogP) is 1.75. The van der Waals surface area contributed by atoms with Crippen LogP contribution < -0.4 is 15.5 Å². The third-order valence-electron chi connectivity index (χ3n) is 5.55. The molecule has 4 rings (SSSR count). The zero-order chi connectivity index (χ0) is 19.9. The SMILES string of the molecule is O=C(C[NH2+][C@@H](c1ccccc1)c1ccco1)Nc1ccc(C[NH+]2CCCC2)cc1. The maximum absolute atomic E-state index is 12.5. The first-order valence-electron chi connectivity index (χ1n) is 10.4. The lowest BCUT2D eigenvalue weighted by atomic mass is 10.0. The maximum atomic E-state index is 12.5. The molecule has 0 aliphatic carbocycles. The van der Waals surface area contributed by atoms with Gasteiger partial charge in [0, 0.05) is 29.7 Å². The third-order valence-corrected chi connectivity index (χ3v) is 5.55. The van der Waals surface area contributed by atoms with E-state index in [-0.39, 0.29) is 11.9 Å². The quantitative estimate of drug-likeness (QED) is 0.548. The first kappa shape index (κ1) is 19.4. The van der Waals surface area contributed by atoms with Crippen LogP contribution >= 0.6 is 0 Å². The molecule has 29 heavy (non-hydrogen) atoms. The van der Waals surface area contributed by atoms with Gasteiger partial charge >= 0.3 is 0 Å². The molecule has 1 atom stereocenters. The van der Waals surface area contributed by atoms with Gasteiger partial charge in [-0.15, -0.1) is 0 Å². The van der Waals surface area contributed by atoms with Crippen molar-refractivity contribution < 1.29 is 19.4 Å². The normalized spacial score (nSPS) is 15.3. The minimum Gasteiger partial charge on any atom is -0.463 e. The Balaban J connectivity index is 1.32. The summed E-state index contributed by atoms with van der Waals surface area (Å²) in [5, 5.41) is 5.02. The molecule has 1 aliphatic rings. The molecule has 5 heteroatoms. The fraction of sp³-hybridized carbons (Fsp3) is 0.292. The average Bonchev–Trinajstić information content (AvgIpc) is 3.45. The Labute approximate surface area is 171 Å². The van der Waals surface area contributed by atoms with Gasteiger partial charge in [0.05, 0.1) is 19.4 Å². The number of hydrogen-bond donors (Lipinski definition) is 3. The molecule has 1 aliphatic heterocycles. The number of nitrogens with two attached hydrogens (primary N) is 1. The van der Waals surface area contributed by atoms with Crippen molar-refractivity contribution in [1.29, 1.82) is 0 Å². The summed E-state index contributed by atoms with van der Waals surface area (Å²) in [6.45, 7) is 3.93. The van der Waals surface area contributed by atoms with E-state index in [0.717, 1.165) is 23.6 Å². The summed E-state index contributed by atoms with van der Waals surface area (Å²) < 4.78 is 5.60. The van der Waals surface area contributed by atoms with Gasteiger partial charge < -0.3 is 20.0 Å². The fourth-order valence-corrected chi connectivity index (χ4v) is 4.03. The first-order valence-corrected chi connectivity index (χ1v) is 10.4. The highest BCUT2D eigenvalue weighted by atomic mass is 16.3. The van der Waals surface area contributed by atoms with Crippen molar-refractivity contribution in [2.75, 3.05) is 25.0 Å². The van der Waals surface area contributed by atoms with Crippen molar-refractivity contribution in [2.45, 2.75) is 25.4 Å². The number of anilines is 1. The third kappa shape index (κ3) is 5.34. The standard InChI is InChI=1S/C24H27N3O2/c28-23(26-21-12-10-19(11-13-21)18-27-14-4-5-15-27)17-25-24(22-9-6-16-29-22)20-7-2-1-3-8-20/h1-3,6-13,16,24-25H,4-5,14-15,17-18H2,(H,26,28)/p+2/t24-/m0/s1. The van der Waals surface area contributed by atoms with Crippen molar-refractivity contribution in [1.82, 2.24) is 0 Å². The second kappa shape index (κ2) is 9.54. The van der Waals surface area contributed by atoms with E-state index in [0.29, 0.717) is 6.54 Å². The second-order valence-corrected chi connectivity index (χ2v) is 7.72. The highest BCUT2D eigenvalue weighted by Gasteiger charge is 2.21. The van der Waals surface area contributed by atoms with Crippen molar-refractivity contribution in [2.24, 2.45) is 0 Å². The minimum atomic E-state index is -0.0391. The first-order chi connectivity index (χ1) is 14.3. The molecule has 4 N–H and O–H groups in total. The molecule has 0 unspecified atom stereocenters. The van der Waals surface area contributed by atoms with E-state index in [1.807, 2.05) is 47.8 Å². The zero-order valence-electron chi connectivity index (χ0n) is 16.6. The van der Waals surface area contributed by atoms with Gasteiger partial charge in [0.25, 0.3) is 5.91 Å². The van der Waals surface area contributed by atoms with E-state index in [1.54, 1.807) is 11.2 Å². The Hall–Kier alpha value is -2.89. The molecular formula is C24H29N3O2+2. The second-order valence-electron chi connectivity index (χ2n) is 7.72. The van der Waals surface area contributed by atoms with Crippen LogP contribution in [-0.2, 0) is 11.3 Å². The topological polar surface area (TPSA) is 63.3 Å². The smallest absolute Gasteiger partial charge is 0.279 e. The Morgan fingerprint density at radius 2 is 1.76 bits per heavy atom. The van der Waals surface area contributed by atoms with Crippen LogP contribution in [0.25, 0.3) is 0 Å². The average molecular weight is 392 g/mol. The van der Waals surface area contributed by atoms with Crippen LogP contribution in [0.15, 0.2) is 77.4 Å². The number of quaternary nitrogens is 2. The van der Waals surface area contributed by atoms with Gasteiger partial charge in [-0.25, -0.2) is 0 Å². The summed E-state index contributed by atoms with van der Waals surface area (Å²) in [4.78, 5) is 14.2. The Kier molecular flexibility index (Phi) is 6.39. The molecule has 1 aromatic heterocycles. The van der Waals surface area contributed by atoms with Crippen LogP contribution in [0, 0.1) is 0 Å². The molecule has 2 aromatic carbocycles. The molecule has 2 heterocycles. The van der Waals surface area contributed by atoms with Crippen molar-refractivity contribution in [3.05, 3.63) is 89.9 Å². The largest absolute Gasteiger partial charge is 0.463 e. The monoisotopic (exact) mass is 391 g/mol. The van der Waals surface area contributed by atoms with Gasteiger partial charge in [0.1, 0.15) is 6.54 Å². The fourth-order valence-electron chi connectivity index (χ4n) is 4.03. The molecule has 150 valence electrons. The number of amides is 1. The van der Waals surface area contributed by atoms with Crippen LogP contribution in [-0.4, -0.2) is 25.5 Å². The van der Waals surface area contributed by atoms with Crippen LogP contribution in [0.1, 0.15) is 35.8 Å². The number of furan rings is 1. The number of benzene rings is 2. The number of carbonyl (C=O) groups excluding carboxylic acids is 1. The molecular weight excluding hydrogens is 362 g/mol. The summed E-state index contributed by atoms with van der Waals surface area (Å²) in [7, 11) is 0. The van der Waals surface area contributed by atoms with E-state index in [9.17, 15) is 4.79 Å². The summed E-state index contributed by atoms with van der Waals surface area (Å²) in [5.74, 6) is 0.827. The molecule has 0 radical (unpaired) electrons. The molecule has 5 nitrogen and oxygen atoms in total. The van der Waals surface area contributed by atoms with Gasteiger partial charge in [0.15, 0.2) is 18.3 Å². The van der Waals surface area contributed by atoms with Crippen LogP contribution in [0.2, 0.25) is 0 Å². The minimum absolute atomic E-state index is 0.0181. The number of rotatable bonds is 8. The van der Waals surface area contributed by atoms with Gasteiger partial charge in [-0.2, -0.15) is 0 Å². The van der Waals surface area contributed by atoms with Gasteiger partial charge in [-0.3, -0.25) is 4.79 Å². The van der Waals surface area contributed by atoms with Crippen LogP contribution in [0.4, 0.5) is 5.69 Å². The molecule has 1 saturated heterocycles. The predicted molar refractivity (Wildman–Crippen MR) is 112 cm³/mol. The number of nitrogens with one attached hydrogen (secondary N) is 2. The molecule has 0 saturated carbocycles. The summed E-state index contributed by atoms with van der Waals surface area (Å²) >= 11 is 0. The molecule has 1 amide bonds. The summed E-state index contributed by atoms with van der Waals surface area (Å²) in [6.07, 6.45) is 4.34. The highest BCUT2D eigenvalue weighted by molar-refractivity contribution is 5.91. The van der Waals surface area contributed by atoms with Gasteiger partial charge in [0.2, 0.25) is 0 Å². The van der Waals surface area contributed by atoms with E-state index >= 15 is 0 Å². The van der Waals surface area contributed by atoms with Gasteiger partial charge in [-0.05, 0) is 24.3 Å². The van der Waals surface area contributed by atoms with E-state index < -0.39 is 0 Å². The lowest BCUT2D eigenvalue weighted by Gasteiger charge is -2.14. The summed E-state index contributed by atoms with van der Waals surface area (Å²) in [6, 6.07) is 22.2. The Morgan fingerprint density at radius 3 is 2.45 bits per heavy atom. The van der Waals surface area contributed by atoms with Crippen LogP contribution in [0.3, 0.4) is 0 Å². The lowest BCUT2D eigenvalue weighted by molar-refractivity contribution is -0.901. The lowest BCUT2D eigenvalue weighted by Crippen LogP contribution is -3.08. The zero-order valence-corrected chi connectivity index (χ0v) is 16.6. The Bertz CT molecular complexity index is 886. The number of hydrogen-bond acceptors (Lipinski definition) is 2. The van der Waals surface area contributed by atoms with Gasteiger partial charge in [-0.1, -0.05) is 42.5 Å². The number of likely N-dealkylation sites (tertiary alicyclic amines) is 1. The molecule has 3 aromatic rings.